The monoisotopic (exact) mass is 420 g/mol. The third kappa shape index (κ3) is 5.21. The van der Waals surface area contributed by atoms with Gasteiger partial charge in [-0.15, -0.1) is 0 Å². The van der Waals surface area contributed by atoms with Crippen molar-refractivity contribution in [2.75, 3.05) is 33.4 Å². The van der Waals surface area contributed by atoms with Gasteiger partial charge in [0.1, 0.15) is 18.5 Å². The predicted octanol–water partition coefficient (Wildman–Crippen LogP) is 2.81. The van der Waals surface area contributed by atoms with Gasteiger partial charge < -0.3 is 20.1 Å². The minimum absolute atomic E-state index is 0.117. The smallest absolute Gasteiger partial charge is 0.147 e. The fraction of sp³-hybridized carbons (Fsp3) is 0.600. The molecule has 4 nitrogen and oxygen atoms in total. The van der Waals surface area contributed by atoms with Crippen LogP contribution in [0.25, 0.3) is 0 Å². The van der Waals surface area contributed by atoms with Crippen LogP contribution in [0.4, 0.5) is 0 Å². The summed E-state index contributed by atoms with van der Waals surface area (Å²) in [6.45, 7) is 5.20. The van der Waals surface area contributed by atoms with E-state index in [1.807, 2.05) is 6.92 Å². The third-order valence-corrected chi connectivity index (χ3v) is 4.55. The Morgan fingerprint density at radius 2 is 2.10 bits per heavy atom. The number of morpholine rings is 1. The van der Waals surface area contributed by atoms with Crippen LogP contribution in [0.1, 0.15) is 12.5 Å². The first-order chi connectivity index (χ1) is 9.95. The van der Waals surface area contributed by atoms with Crippen molar-refractivity contribution in [3.8, 4) is 5.75 Å². The maximum absolute atomic E-state index is 5.94. The lowest BCUT2D eigenvalue weighted by molar-refractivity contribution is -0.0405. The van der Waals surface area contributed by atoms with E-state index in [-0.39, 0.29) is 12.1 Å². The maximum atomic E-state index is 5.94. The van der Waals surface area contributed by atoms with Gasteiger partial charge in [0.05, 0.1) is 15.6 Å². The molecule has 1 aromatic rings. The van der Waals surface area contributed by atoms with E-state index in [1.54, 1.807) is 0 Å². The van der Waals surface area contributed by atoms with Gasteiger partial charge in [0.25, 0.3) is 0 Å². The average molecular weight is 422 g/mol. The van der Waals surface area contributed by atoms with Gasteiger partial charge in [-0.2, -0.15) is 0 Å². The highest BCUT2D eigenvalue weighted by Crippen LogP contribution is 2.35. The molecule has 0 amide bonds. The van der Waals surface area contributed by atoms with E-state index in [2.05, 4.69) is 55.9 Å². The molecular weight excluding hydrogens is 400 g/mol. The molecule has 0 radical (unpaired) electrons. The van der Waals surface area contributed by atoms with Crippen LogP contribution >= 0.6 is 31.9 Å². The number of nitrogens with zero attached hydrogens (tertiary/aromatic N) is 1. The summed E-state index contributed by atoms with van der Waals surface area (Å²) in [5, 5.41) is 0. The summed E-state index contributed by atoms with van der Waals surface area (Å²) < 4.78 is 13.5. The number of hydrogen-bond donors (Lipinski definition) is 1. The lowest BCUT2D eigenvalue weighted by Gasteiger charge is -2.30. The number of halogens is 2. The topological polar surface area (TPSA) is 47.7 Å². The summed E-state index contributed by atoms with van der Waals surface area (Å²) in [4.78, 5) is 2.26. The van der Waals surface area contributed by atoms with Crippen molar-refractivity contribution in [1.82, 2.24) is 4.90 Å². The lowest BCUT2D eigenvalue weighted by atomic mass is 10.1. The first-order valence-electron chi connectivity index (χ1n) is 7.12. The number of likely N-dealkylation sites (N-methyl/N-ethyl adjacent to an activating group) is 1. The molecule has 2 unspecified atom stereocenters. The zero-order chi connectivity index (χ0) is 15.4. The molecule has 0 spiro atoms. The van der Waals surface area contributed by atoms with Gasteiger partial charge in [0.2, 0.25) is 0 Å². The predicted molar refractivity (Wildman–Crippen MR) is 91.9 cm³/mol. The molecule has 1 aliphatic heterocycles. The quantitative estimate of drug-likeness (QED) is 0.793. The number of ether oxygens (including phenoxy) is 2. The van der Waals surface area contributed by atoms with Gasteiger partial charge in [0, 0.05) is 19.1 Å². The van der Waals surface area contributed by atoms with Gasteiger partial charge in [-0.3, -0.25) is 0 Å². The molecule has 6 heteroatoms. The van der Waals surface area contributed by atoms with Crippen LogP contribution in [0.2, 0.25) is 0 Å². The second-order valence-corrected chi connectivity index (χ2v) is 7.34. The van der Waals surface area contributed by atoms with E-state index in [0.29, 0.717) is 6.61 Å². The standard InChI is InChI=1S/C15H22Br2N2O2/c1-10(18)5-11-6-13(16)15(14(17)7-11)21-9-12-8-19(2)3-4-20-12/h6-7,10,12H,3-5,8-9,18H2,1-2H3. The van der Waals surface area contributed by atoms with Gasteiger partial charge >= 0.3 is 0 Å². The van der Waals surface area contributed by atoms with E-state index < -0.39 is 0 Å². The Morgan fingerprint density at radius 1 is 1.43 bits per heavy atom. The Balaban J connectivity index is 1.99. The van der Waals surface area contributed by atoms with Crippen molar-refractivity contribution in [1.29, 1.82) is 0 Å². The molecule has 21 heavy (non-hydrogen) atoms. The normalized spacial score (nSPS) is 21.3. The van der Waals surface area contributed by atoms with Crippen LogP contribution < -0.4 is 10.5 Å². The summed E-state index contributed by atoms with van der Waals surface area (Å²) in [7, 11) is 2.10. The Bertz CT molecular complexity index is 460. The minimum Gasteiger partial charge on any atom is -0.488 e. The Kier molecular flexibility index (Phi) is 6.50. The number of hydrogen-bond acceptors (Lipinski definition) is 4. The van der Waals surface area contributed by atoms with Crippen LogP contribution in [0.3, 0.4) is 0 Å². The molecular formula is C15H22Br2N2O2. The fourth-order valence-corrected chi connectivity index (χ4v) is 3.89. The summed E-state index contributed by atoms with van der Waals surface area (Å²) in [5.41, 5.74) is 7.03. The van der Waals surface area contributed by atoms with Crippen molar-refractivity contribution in [3.05, 3.63) is 26.6 Å². The summed E-state index contributed by atoms with van der Waals surface area (Å²) in [6, 6.07) is 4.27. The van der Waals surface area contributed by atoms with E-state index in [0.717, 1.165) is 40.8 Å². The zero-order valence-corrected chi connectivity index (χ0v) is 15.6. The van der Waals surface area contributed by atoms with Gasteiger partial charge in [0.15, 0.2) is 0 Å². The van der Waals surface area contributed by atoms with E-state index in [1.165, 1.54) is 5.56 Å². The largest absolute Gasteiger partial charge is 0.488 e. The molecule has 2 rings (SSSR count). The van der Waals surface area contributed by atoms with Crippen LogP contribution in [0, 0.1) is 0 Å². The Morgan fingerprint density at radius 3 is 2.67 bits per heavy atom. The molecule has 0 aliphatic carbocycles. The number of benzene rings is 1. The highest BCUT2D eigenvalue weighted by atomic mass is 79.9. The highest BCUT2D eigenvalue weighted by molar-refractivity contribution is 9.11. The third-order valence-electron chi connectivity index (χ3n) is 3.37. The van der Waals surface area contributed by atoms with Crippen molar-refractivity contribution < 1.29 is 9.47 Å². The molecule has 1 heterocycles. The highest BCUT2D eigenvalue weighted by Gasteiger charge is 2.19. The first-order valence-corrected chi connectivity index (χ1v) is 8.70. The van der Waals surface area contributed by atoms with Crippen LogP contribution in [-0.4, -0.2) is 50.4 Å². The summed E-state index contributed by atoms with van der Waals surface area (Å²) >= 11 is 7.16. The average Bonchev–Trinajstić information content (AvgIpc) is 2.37. The molecule has 1 fully saturated rings. The SMILES string of the molecule is CC(N)Cc1cc(Br)c(OCC2CN(C)CCO2)c(Br)c1. The lowest BCUT2D eigenvalue weighted by Crippen LogP contribution is -2.42. The minimum atomic E-state index is 0.117. The van der Waals surface area contributed by atoms with E-state index >= 15 is 0 Å². The van der Waals surface area contributed by atoms with Gasteiger partial charge in [-0.1, -0.05) is 0 Å². The Hall–Kier alpha value is -0.140. The number of nitrogens with two attached hydrogens (primary N) is 1. The molecule has 118 valence electrons. The molecule has 0 aromatic heterocycles. The molecule has 1 aliphatic rings. The molecule has 2 atom stereocenters. The first kappa shape index (κ1) is 17.2. The van der Waals surface area contributed by atoms with Crippen LogP contribution in [0.5, 0.6) is 5.75 Å². The molecule has 2 N–H and O–H groups in total. The van der Waals surface area contributed by atoms with E-state index in [9.17, 15) is 0 Å². The fourth-order valence-electron chi connectivity index (χ4n) is 2.38. The van der Waals surface area contributed by atoms with Crippen molar-refractivity contribution in [2.24, 2.45) is 5.73 Å². The number of rotatable bonds is 5. The van der Waals surface area contributed by atoms with Gasteiger partial charge in [-0.05, 0) is 69.9 Å². The van der Waals surface area contributed by atoms with Crippen molar-refractivity contribution in [2.45, 2.75) is 25.5 Å². The van der Waals surface area contributed by atoms with E-state index in [4.69, 9.17) is 15.2 Å². The molecule has 1 saturated heterocycles. The Labute approximate surface area is 143 Å². The van der Waals surface area contributed by atoms with Crippen molar-refractivity contribution in [3.63, 3.8) is 0 Å². The summed E-state index contributed by atoms with van der Waals surface area (Å²) in [6.07, 6.45) is 0.958. The molecule has 1 aromatic carbocycles. The summed E-state index contributed by atoms with van der Waals surface area (Å²) in [5.74, 6) is 0.820. The second-order valence-electron chi connectivity index (χ2n) is 5.64. The maximum Gasteiger partial charge on any atom is 0.147 e. The van der Waals surface area contributed by atoms with Crippen LogP contribution in [-0.2, 0) is 11.2 Å². The van der Waals surface area contributed by atoms with Crippen LogP contribution in [0.15, 0.2) is 21.1 Å². The molecule has 0 saturated carbocycles. The second kappa shape index (κ2) is 7.92. The zero-order valence-electron chi connectivity index (χ0n) is 12.4. The molecule has 0 bridgehead atoms. The van der Waals surface area contributed by atoms with Gasteiger partial charge in [-0.25, -0.2) is 0 Å². The van der Waals surface area contributed by atoms with Crippen molar-refractivity contribution >= 4 is 31.9 Å².